The molecular formula is C18H21FN2O3S2. The normalized spacial score (nSPS) is 12.4. The maximum absolute atomic E-state index is 13.5. The van der Waals surface area contributed by atoms with Crippen LogP contribution in [0, 0.1) is 5.82 Å². The largest absolute Gasteiger partial charge is 0.353 e. The molecule has 0 heterocycles. The van der Waals surface area contributed by atoms with Gasteiger partial charge in [0.05, 0.1) is 11.9 Å². The molecule has 0 aliphatic rings. The van der Waals surface area contributed by atoms with Crippen LogP contribution in [0.1, 0.15) is 6.92 Å². The molecule has 140 valence electrons. The van der Waals surface area contributed by atoms with Gasteiger partial charge in [-0.2, -0.15) is 0 Å². The number of rotatable bonds is 8. The summed E-state index contributed by atoms with van der Waals surface area (Å²) in [7, 11) is -3.75. The van der Waals surface area contributed by atoms with Crippen LogP contribution in [0.25, 0.3) is 0 Å². The van der Waals surface area contributed by atoms with Gasteiger partial charge in [0.2, 0.25) is 15.9 Å². The van der Waals surface area contributed by atoms with E-state index in [2.05, 4.69) is 5.32 Å². The summed E-state index contributed by atoms with van der Waals surface area (Å²) in [5.41, 5.74) is 0.119. The molecule has 0 aliphatic heterocycles. The number of hydrogen-bond acceptors (Lipinski definition) is 4. The van der Waals surface area contributed by atoms with E-state index in [-0.39, 0.29) is 5.69 Å². The Morgan fingerprint density at radius 2 is 1.88 bits per heavy atom. The van der Waals surface area contributed by atoms with Crippen molar-refractivity contribution in [2.75, 3.05) is 22.9 Å². The standard InChI is InChI=1S/C18H21FN2O3S2/c1-14(18(22)20-11-12-25-17-9-4-3-5-10-17)21(26(2,23)24)16-8-6-7-15(19)13-16/h3-10,13-14H,11-12H2,1-2H3,(H,20,22)/t14-/m1/s1. The van der Waals surface area contributed by atoms with E-state index in [1.54, 1.807) is 11.8 Å². The van der Waals surface area contributed by atoms with Gasteiger partial charge in [-0.1, -0.05) is 24.3 Å². The van der Waals surface area contributed by atoms with Gasteiger partial charge in [0, 0.05) is 17.2 Å². The number of benzene rings is 2. The highest BCUT2D eigenvalue weighted by Crippen LogP contribution is 2.22. The van der Waals surface area contributed by atoms with Crippen molar-refractivity contribution in [3.63, 3.8) is 0 Å². The molecular weight excluding hydrogens is 375 g/mol. The van der Waals surface area contributed by atoms with Crippen LogP contribution in [0.3, 0.4) is 0 Å². The Kier molecular flexibility index (Phi) is 7.05. The van der Waals surface area contributed by atoms with Crippen LogP contribution >= 0.6 is 11.8 Å². The number of sulfonamides is 1. The molecule has 2 rings (SSSR count). The Morgan fingerprint density at radius 1 is 1.19 bits per heavy atom. The highest BCUT2D eigenvalue weighted by atomic mass is 32.2. The fraction of sp³-hybridized carbons (Fsp3) is 0.278. The molecule has 1 amide bonds. The molecule has 0 aliphatic carbocycles. The summed E-state index contributed by atoms with van der Waals surface area (Å²) in [4.78, 5) is 13.5. The van der Waals surface area contributed by atoms with Gasteiger partial charge in [0.1, 0.15) is 11.9 Å². The number of halogens is 1. The SMILES string of the molecule is C[C@H](C(=O)NCCSc1ccccc1)N(c1cccc(F)c1)S(C)(=O)=O. The van der Waals surface area contributed by atoms with Crippen LogP contribution in [0.15, 0.2) is 59.5 Å². The van der Waals surface area contributed by atoms with Crippen LogP contribution in [-0.4, -0.2) is 38.9 Å². The van der Waals surface area contributed by atoms with Gasteiger partial charge in [-0.05, 0) is 37.3 Å². The highest BCUT2D eigenvalue weighted by molar-refractivity contribution is 7.99. The van der Waals surface area contributed by atoms with Crippen molar-refractivity contribution in [3.05, 3.63) is 60.4 Å². The van der Waals surface area contributed by atoms with Crippen LogP contribution in [0.4, 0.5) is 10.1 Å². The molecule has 2 aromatic rings. The van der Waals surface area contributed by atoms with Gasteiger partial charge >= 0.3 is 0 Å². The highest BCUT2D eigenvalue weighted by Gasteiger charge is 2.29. The lowest BCUT2D eigenvalue weighted by Gasteiger charge is -2.28. The zero-order valence-electron chi connectivity index (χ0n) is 14.6. The summed E-state index contributed by atoms with van der Waals surface area (Å²) in [6.45, 7) is 1.87. The monoisotopic (exact) mass is 396 g/mol. The number of nitrogens with zero attached hydrogens (tertiary/aromatic N) is 1. The molecule has 0 saturated heterocycles. The van der Waals surface area contributed by atoms with E-state index in [9.17, 15) is 17.6 Å². The Hall–Kier alpha value is -2.06. The van der Waals surface area contributed by atoms with Gasteiger partial charge in [0.25, 0.3) is 0 Å². The molecule has 0 spiro atoms. The Balaban J connectivity index is 1.99. The van der Waals surface area contributed by atoms with Crippen molar-refractivity contribution < 1.29 is 17.6 Å². The molecule has 0 fully saturated rings. The lowest BCUT2D eigenvalue weighted by molar-refractivity contribution is -0.121. The molecule has 26 heavy (non-hydrogen) atoms. The topological polar surface area (TPSA) is 66.5 Å². The number of thioether (sulfide) groups is 1. The quantitative estimate of drug-likeness (QED) is 0.550. The molecule has 0 aromatic heterocycles. The minimum absolute atomic E-state index is 0.119. The molecule has 1 atom stereocenters. The number of hydrogen-bond donors (Lipinski definition) is 1. The predicted octanol–water partition coefficient (Wildman–Crippen LogP) is 2.89. The van der Waals surface area contributed by atoms with Crippen LogP contribution in [0.5, 0.6) is 0 Å². The molecule has 0 radical (unpaired) electrons. The van der Waals surface area contributed by atoms with Crippen molar-refractivity contribution in [2.45, 2.75) is 17.9 Å². The first kappa shape index (κ1) is 20.3. The Morgan fingerprint density at radius 3 is 2.50 bits per heavy atom. The lowest BCUT2D eigenvalue weighted by atomic mass is 10.2. The van der Waals surface area contributed by atoms with Crippen LogP contribution in [-0.2, 0) is 14.8 Å². The average Bonchev–Trinajstić information content (AvgIpc) is 2.58. The number of carbonyl (C=O) groups excluding carboxylic acids is 1. The zero-order chi connectivity index (χ0) is 19.2. The number of anilines is 1. The predicted molar refractivity (Wildman–Crippen MR) is 103 cm³/mol. The molecule has 0 saturated carbocycles. The van der Waals surface area contributed by atoms with Crippen molar-refractivity contribution >= 4 is 33.4 Å². The fourth-order valence-electron chi connectivity index (χ4n) is 2.43. The smallest absolute Gasteiger partial charge is 0.243 e. The van der Waals surface area contributed by atoms with E-state index >= 15 is 0 Å². The molecule has 2 aromatic carbocycles. The van der Waals surface area contributed by atoms with Crippen molar-refractivity contribution in [1.82, 2.24) is 5.32 Å². The Bertz CT molecular complexity index is 845. The van der Waals surface area contributed by atoms with E-state index < -0.39 is 27.8 Å². The molecule has 1 N–H and O–H groups in total. The van der Waals surface area contributed by atoms with Crippen LogP contribution in [0.2, 0.25) is 0 Å². The minimum Gasteiger partial charge on any atom is -0.353 e. The third-order valence-electron chi connectivity index (χ3n) is 3.56. The lowest BCUT2D eigenvalue weighted by Crippen LogP contribution is -2.48. The summed E-state index contributed by atoms with van der Waals surface area (Å²) in [6.07, 6.45) is 0.993. The second kappa shape index (κ2) is 9.05. The number of amides is 1. The molecule has 0 bridgehead atoms. The van der Waals surface area contributed by atoms with Crippen molar-refractivity contribution in [2.24, 2.45) is 0 Å². The second-order valence-electron chi connectivity index (χ2n) is 5.67. The average molecular weight is 397 g/mol. The fourth-order valence-corrected chi connectivity index (χ4v) is 4.39. The molecule has 0 unspecified atom stereocenters. The summed E-state index contributed by atoms with van der Waals surface area (Å²) in [5.74, 6) is -0.349. The van der Waals surface area contributed by atoms with Crippen LogP contribution < -0.4 is 9.62 Å². The first-order valence-corrected chi connectivity index (χ1v) is 10.8. The molecule has 5 nitrogen and oxygen atoms in total. The number of carbonyl (C=O) groups is 1. The Labute approximate surface area is 157 Å². The van der Waals surface area contributed by atoms with E-state index in [0.29, 0.717) is 12.3 Å². The van der Waals surface area contributed by atoms with Gasteiger partial charge in [0.15, 0.2) is 0 Å². The van der Waals surface area contributed by atoms with E-state index in [0.717, 1.165) is 21.5 Å². The molecule has 8 heteroatoms. The van der Waals surface area contributed by atoms with Crippen molar-refractivity contribution in [1.29, 1.82) is 0 Å². The summed E-state index contributed by atoms with van der Waals surface area (Å²) >= 11 is 1.59. The second-order valence-corrected chi connectivity index (χ2v) is 8.69. The number of nitrogens with one attached hydrogen (secondary N) is 1. The van der Waals surface area contributed by atoms with E-state index in [1.807, 2.05) is 30.3 Å². The minimum atomic E-state index is -3.75. The van der Waals surface area contributed by atoms with Gasteiger partial charge in [-0.15, -0.1) is 11.8 Å². The third-order valence-corrected chi connectivity index (χ3v) is 5.82. The van der Waals surface area contributed by atoms with E-state index in [4.69, 9.17) is 0 Å². The third kappa shape index (κ3) is 5.74. The zero-order valence-corrected chi connectivity index (χ0v) is 16.2. The maximum Gasteiger partial charge on any atom is 0.243 e. The summed E-state index contributed by atoms with van der Waals surface area (Å²) in [6, 6.07) is 13.9. The van der Waals surface area contributed by atoms with E-state index in [1.165, 1.54) is 25.1 Å². The summed E-state index contributed by atoms with van der Waals surface area (Å²) < 4.78 is 38.6. The van der Waals surface area contributed by atoms with Gasteiger partial charge in [-0.25, -0.2) is 12.8 Å². The summed E-state index contributed by atoms with van der Waals surface area (Å²) in [5, 5.41) is 2.73. The maximum atomic E-state index is 13.5. The van der Waals surface area contributed by atoms with Crippen molar-refractivity contribution in [3.8, 4) is 0 Å². The first-order valence-electron chi connectivity index (χ1n) is 7.99. The van der Waals surface area contributed by atoms with Gasteiger partial charge < -0.3 is 5.32 Å². The first-order chi connectivity index (χ1) is 12.3. The van der Waals surface area contributed by atoms with Gasteiger partial charge in [-0.3, -0.25) is 9.10 Å².